The zero-order chi connectivity index (χ0) is 49.3. The van der Waals surface area contributed by atoms with E-state index in [9.17, 15) is 37.5 Å². The summed E-state index contributed by atoms with van der Waals surface area (Å²) in [5, 5.41) is 23.3. The molecule has 4 fully saturated rings. The standard InChI is InChI=1S/C10H19O6P.C7H11O6P.C5H8O3.2C2H4ClO3P.C2H4ClO2P.C2H6O2.6CH4/c1-8(2)9(11)14-7-16-17(12,13)15-6-10(3,4)5;1-6(2)7(8)10-5-13-14(9)11-3-4-12-14;1-4(2)5(7)8-3-6;2*3-7(4)5-1-2-6-7;3-6-4-1-2-5-6;3-1-2-4;;;;;;/h1,6-7H2,2-5H3,(H,12,13);1,3-5H2,2H3;6H,1,3H2,2H3;2*1-2H2;1-2H2;3-4H,1-2H2;6*1H4. The van der Waals surface area contributed by atoms with Gasteiger partial charge in [-0.25, -0.2) is 41.7 Å². The lowest BCUT2D eigenvalue weighted by molar-refractivity contribution is -0.147. The number of halogens is 3. The van der Waals surface area contributed by atoms with Crippen LogP contribution in [0, 0.1) is 5.41 Å². The third kappa shape index (κ3) is 58.0. The molecule has 1 unspecified atom stereocenters. The van der Waals surface area contributed by atoms with Crippen molar-refractivity contribution >= 4 is 88.9 Å². The van der Waals surface area contributed by atoms with E-state index in [1.54, 1.807) is 0 Å². The lowest BCUT2D eigenvalue weighted by Crippen LogP contribution is -2.15. The number of esters is 3. The SMILES string of the molecule is C.C.C.C.C.C.C=C(C)C(=O)OCO.C=C(C)C(=O)OCOP(=O)(O)OCC(C)(C)C.C=C(C)C(=O)OCOP1(=O)OCCO1.ClP1OCCO1.O=P1(Cl)OCCO1.O=P1(Cl)OCCO1.OCCO. The number of ether oxygens (including phenoxy) is 3. The maximum atomic E-state index is 11.3. The molecule has 0 radical (unpaired) electrons. The Morgan fingerprint density at radius 1 is 0.609 bits per heavy atom. The van der Waals surface area contributed by atoms with Gasteiger partial charge in [0.25, 0.3) is 7.73 Å². The molecule has 4 saturated heterocycles. The minimum atomic E-state index is -4.18. The van der Waals surface area contributed by atoms with E-state index in [2.05, 4.69) is 70.1 Å². The Kier molecular flexibility index (Phi) is 61.4. The number of carbonyl (C=O) groups excluding carboxylic acids is 3. The summed E-state index contributed by atoms with van der Waals surface area (Å²) in [5.74, 6) is -1.87. The van der Waals surface area contributed by atoms with Gasteiger partial charge in [0.15, 0.2) is 6.79 Å². The lowest BCUT2D eigenvalue weighted by Gasteiger charge is -2.20. The number of carbonyl (C=O) groups is 3. The van der Waals surface area contributed by atoms with E-state index in [0.717, 1.165) is 0 Å². The fourth-order valence-corrected chi connectivity index (χ4v) is 7.24. The molecule has 4 aliphatic heterocycles. The van der Waals surface area contributed by atoms with E-state index in [1.165, 1.54) is 20.8 Å². The van der Waals surface area contributed by atoms with Gasteiger partial charge in [0, 0.05) is 39.2 Å². The Balaban J connectivity index is -0.0000000895. The van der Waals surface area contributed by atoms with E-state index in [-0.39, 0.29) is 94.2 Å². The van der Waals surface area contributed by atoms with E-state index in [1.807, 2.05) is 20.8 Å². The molecule has 0 aromatic heterocycles. The Morgan fingerprint density at radius 2 is 0.928 bits per heavy atom. The second kappa shape index (κ2) is 48.2. The van der Waals surface area contributed by atoms with Crippen LogP contribution >= 0.6 is 71.0 Å². The molecule has 25 nitrogen and oxygen atoms in total. The van der Waals surface area contributed by atoms with E-state index in [4.69, 9.17) is 62.6 Å². The van der Waals surface area contributed by atoms with Crippen molar-refractivity contribution in [2.45, 2.75) is 86.1 Å². The van der Waals surface area contributed by atoms with E-state index >= 15 is 0 Å². The summed E-state index contributed by atoms with van der Waals surface area (Å²) in [7, 11) is -8.64. The van der Waals surface area contributed by atoms with Crippen molar-refractivity contribution in [3.8, 4) is 0 Å². The molecule has 0 amide bonds. The molecule has 0 spiro atoms. The summed E-state index contributed by atoms with van der Waals surface area (Å²) < 4.78 is 107. The summed E-state index contributed by atoms with van der Waals surface area (Å²) >= 11 is 15.5. The molecule has 0 aliphatic carbocycles. The average molecular weight is 1170 g/mol. The van der Waals surface area contributed by atoms with Crippen LogP contribution in [-0.4, -0.2) is 131 Å². The zero-order valence-corrected chi connectivity index (χ0v) is 42.0. The summed E-state index contributed by atoms with van der Waals surface area (Å²) in [5.41, 5.74) is 0.437. The maximum Gasteiger partial charge on any atom is 0.477 e. The van der Waals surface area contributed by atoms with Crippen molar-refractivity contribution in [1.29, 1.82) is 0 Å². The highest BCUT2D eigenvalue weighted by Crippen LogP contribution is 2.57. The van der Waals surface area contributed by atoms with Gasteiger partial charge in [-0.3, -0.25) is 31.7 Å². The first-order valence-corrected chi connectivity index (χ1v) is 27.3. The van der Waals surface area contributed by atoms with Gasteiger partial charge in [-0.15, -0.1) is 0 Å². The highest BCUT2D eigenvalue weighted by atomic mass is 35.7. The first kappa shape index (κ1) is 87.9. The maximum absolute atomic E-state index is 11.3. The van der Waals surface area contributed by atoms with Crippen LogP contribution in [0.1, 0.15) is 86.1 Å². The molecular weight excluding hydrogens is 1090 g/mol. The van der Waals surface area contributed by atoms with Crippen molar-refractivity contribution in [3.05, 3.63) is 36.5 Å². The lowest BCUT2D eigenvalue weighted by atomic mass is 9.99. The highest BCUT2D eigenvalue weighted by Gasteiger charge is 2.32. The summed E-state index contributed by atoms with van der Waals surface area (Å²) in [4.78, 5) is 41.3. The van der Waals surface area contributed by atoms with Gasteiger partial charge in [-0.2, -0.15) is 0 Å². The Bertz CT molecular complexity index is 1520. The van der Waals surface area contributed by atoms with Crippen molar-refractivity contribution in [1.82, 2.24) is 0 Å². The van der Waals surface area contributed by atoms with Crippen LogP contribution in [0.15, 0.2) is 36.5 Å². The molecule has 4 rings (SSSR count). The van der Waals surface area contributed by atoms with Crippen molar-refractivity contribution in [2.24, 2.45) is 5.41 Å². The van der Waals surface area contributed by atoms with Gasteiger partial charge in [-0.1, -0.05) is 85.1 Å². The Labute approximate surface area is 425 Å². The predicted molar refractivity (Wildman–Crippen MR) is 266 cm³/mol. The van der Waals surface area contributed by atoms with Crippen LogP contribution in [0.4, 0.5) is 0 Å². The van der Waals surface area contributed by atoms with E-state index in [0.29, 0.717) is 45.2 Å². The molecule has 33 heteroatoms. The van der Waals surface area contributed by atoms with Gasteiger partial charge in [0.05, 0.1) is 72.7 Å². The highest BCUT2D eigenvalue weighted by molar-refractivity contribution is 7.81. The summed E-state index contributed by atoms with van der Waals surface area (Å²) in [6.45, 7) is 15.1. The number of hydrogen-bond donors (Lipinski definition) is 4. The fraction of sp³-hybridized carbons (Fsp3) is 0.750. The van der Waals surface area contributed by atoms with Crippen LogP contribution in [-0.2, 0) is 96.6 Å². The molecule has 69 heavy (non-hydrogen) atoms. The zero-order valence-electron chi connectivity index (χ0n) is 35.3. The molecule has 4 N–H and O–H groups in total. The molecule has 0 aromatic rings. The molecule has 0 saturated carbocycles. The molecule has 420 valence electrons. The smallest absolute Gasteiger partial charge is 0.435 e. The Morgan fingerprint density at radius 3 is 1.16 bits per heavy atom. The second-order valence-corrected chi connectivity index (χ2v) is 22.3. The van der Waals surface area contributed by atoms with Crippen molar-refractivity contribution in [2.75, 3.05) is 93.1 Å². The van der Waals surface area contributed by atoms with Crippen LogP contribution < -0.4 is 0 Å². The molecule has 4 aliphatic rings. The molecule has 0 bridgehead atoms. The van der Waals surface area contributed by atoms with Crippen LogP contribution in [0.3, 0.4) is 0 Å². The first-order chi connectivity index (χ1) is 29.0. The van der Waals surface area contributed by atoms with Crippen LogP contribution in [0.5, 0.6) is 0 Å². The van der Waals surface area contributed by atoms with Crippen molar-refractivity contribution < 1.29 is 117 Å². The predicted octanol–water partition coefficient (Wildman–Crippen LogP) is 10.6. The van der Waals surface area contributed by atoms with Crippen LogP contribution in [0.2, 0.25) is 0 Å². The minimum absolute atomic E-state index is 0. The van der Waals surface area contributed by atoms with Crippen molar-refractivity contribution in [3.63, 3.8) is 0 Å². The average Bonchev–Trinajstić information content (AvgIpc) is 4.02. The molecule has 0 aromatic carbocycles. The third-order valence-electron chi connectivity index (χ3n) is 5.01. The van der Waals surface area contributed by atoms with Gasteiger partial charge >= 0.3 is 47.5 Å². The number of phosphoric acid groups is 2. The quantitative estimate of drug-likeness (QED) is 0.0438. The normalized spacial score (nSPS) is 16.9. The minimum Gasteiger partial charge on any atom is -0.435 e. The summed E-state index contributed by atoms with van der Waals surface area (Å²) in [6.07, 6.45) is 0. The molecule has 1 atom stereocenters. The number of hydrogen-bond acceptors (Lipinski definition) is 24. The molecular formula is C36H80Cl3O25P5. The topological polar surface area (TPSA) is 330 Å². The largest absolute Gasteiger partial charge is 0.477 e. The van der Waals surface area contributed by atoms with Gasteiger partial charge in [0.2, 0.25) is 13.6 Å². The summed E-state index contributed by atoms with van der Waals surface area (Å²) in [6, 6.07) is 0. The fourth-order valence-electron chi connectivity index (χ4n) is 2.36. The van der Waals surface area contributed by atoms with Gasteiger partial charge in [-0.05, 0) is 37.4 Å². The van der Waals surface area contributed by atoms with E-state index < -0.39 is 75.6 Å². The van der Waals surface area contributed by atoms with Gasteiger partial charge in [0.1, 0.15) is 0 Å². The second-order valence-electron chi connectivity index (χ2n) is 12.2. The number of aliphatic hydroxyl groups excluding tert-OH is 3. The first-order valence-electron chi connectivity index (χ1n) is 17.3. The molecule has 4 heterocycles. The van der Waals surface area contributed by atoms with Gasteiger partial charge < -0.3 is 43.5 Å². The van der Waals surface area contributed by atoms with Crippen LogP contribution in [0.25, 0.3) is 0 Å². The number of aliphatic hydroxyl groups is 3. The third-order valence-corrected chi connectivity index (χ3v) is 11.8. The Hall–Kier alpha value is -0.750. The number of phosphoric ester groups is 2. The monoisotopic (exact) mass is 1170 g/mol. The number of rotatable bonds is 13.